The van der Waals surface area contributed by atoms with Crippen molar-refractivity contribution in [3.8, 4) is 0 Å². The van der Waals surface area contributed by atoms with Gasteiger partial charge in [0.1, 0.15) is 0 Å². The fourth-order valence-corrected chi connectivity index (χ4v) is 2.40. The van der Waals surface area contributed by atoms with Gasteiger partial charge in [-0.2, -0.15) is 0 Å². The van der Waals surface area contributed by atoms with Gasteiger partial charge in [0.05, 0.1) is 0 Å². The predicted molar refractivity (Wildman–Crippen MR) is 74.3 cm³/mol. The monoisotopic (exact) mass is 262 g/mol. The first-order valence-electron chi connectivity index (χ1n) is 6.42. The first-order chi connectivity index (χ1) is 7.46. The lowest BCUT2D eigenvalue weighted by molar-refractivity contribution is -0.133. The van der Waals surface area contributed by atoms with Gasteiger partial charge in [-0.05, 0) is 44.1 Å². The van der Waals surface area contributed by atoms with Gasteiger partial charge < -0.3 is 10.6 Å². The molecule has 2 N–H and O–H groups in total. The van der Waals surface area contributed by atoms with E-state index in [4.69, 9.17) is 5.73 Å². The molecule has 1 rings (SSSR count). The first-order valence-corrected chi connectivity index (χ1v) is 6.42. The largest absolute Gasteiger partial charge is 0.343 e. The van der Waals surface area contributed by atoms with E-state index in [1.807, 2.05) is 11.9 Å². The van der Waals surface area contributed by atoms with Crippen LogP contribution in [0.3, 0.4) is 0 Å². The van der Waals surface area contributed by atoms with Gasteiger partial charge in [0.15, 0.2) is 0 Å². The Morgan fingerprint density at radius 1 is 1.35 bits per heavy atom. The molecule has 1 aliphatic carbocycles. The van der Waals surface area contributed by atoms with Crippen LogP contribution in [0.4, 0.5) is 0 Å². The molecular weight excluding hydrogens is 236 g/mol. The lowest BCUT2D eigenvalue weighted by atomic mass is 9.75. The summed E-state index contributed by atoms with van der Waals surface area (Å²) in [5.41, 5.74) is 5.89. The first kappa shape index (κ1) is 16.7. The van der Waals surface area contributed by atoms with Crippen LogP contribution in [0.15, 0.2) is 0 Å². The molecule has 1 aliphatic rings. The van der Waals surface area contributed by atoms with Gasteiger partial charge in [0.2, 0.25) is 5.91 Å². The van der Waals surface area contributed by atoms with E-state index in [0.29, 0.717) is 24.4 Å². The average Bonchev–Trinajstić information content (AvgIpc) is 2.25. The zero-order valence-electron chi connectivity index (χ0n) is 11.4. The summed E-state index contributed by atoms with van der Waals surface area (Å²) in [6.07, 6.45) is 6.17. The number of nitrogens with zero attached hydrogens (tertiary/aromatic N) is 1. The minimum absolute atomic E-state index is 0. The SMILES string of the molecule is CN(C(=O)CCCN)C1CCC(C)(C)CC1.Cl. The number of amides is 1. The van der Waals surface area contributed by atoms with Crippen LogP contribution in [0.25, 0.3) is 0 Å². The van der Waals surface area contributed by atoms with Crippen molar-refractivity contribution in [1.29, 1.82) is 0 Å². The highest BCUT2D eigenvalue weighted by molar-refractivity contribution is 5.85. The number of hydrogen-bond acceptors (Lipinski definition) is 2. The fourth-order valence-electron chi connectivity index (χ4n) is 2.40. The highest BCUT2D eigenvalue weighted by Crippen LogP contribution is 2.36. The third kappa shape index (κ3) is 5.26. The normalized spacial score (nSPS) is 19.5. The number of rotatable bonds is 4. The molecule has 0 bridgehead atoms. The Hall–Kier alpha value is -0.280. The zero-order valence-corrected chi connectivity index (χ0v) is 12.2. The summed E-state index contributed by atoms with van der Waals surface area (Å²) in [4.78, 5) is 13.8. The molecule has 0 unspecified atom stereocenters. The van der Waals surface area contributed by atoms with E-state index < -0.39 is 0 Å². The minimum Gasteiger partial charge on any atom is -0.343 e. The number of nitrogens with two attached hydrogens (primary N) is 1. The van der Waals surface area contributed by atoms with E-state index in [2.05, 4.69) is 13.8 Å². The molecular formula is C13H27ClN2O. The van der Waals surface area contributed by atoms with Gasteiger partial charge in [-0.15, -0.1) is 12.4 Å². The van der Waals surface area contributed by atoms with Crippen LogP contribution < -0.4 is 5.73 Å². The van der Waals surface area contributed by atoms with Gasteiger partial charge in [0.25, 0.3) is 0 Å². The summed E-state index contributed by atoms with van der Waals surface area (Å²) < 4.78 is 0. The van der Waals surface area contributed by atoms with Crippen LogP contribution in [0.1, 0.15) is 52.4 Å². The van der Waals surface area contributed by atoms with Gasteiger partial charge in [-0.25, -0.2) is 0 Å². The lowest BCUT2D eigenvalue weighted by Crippen LogP contribution is -2.40. The van der Waals surface area contributed by atoms with Crippen molar-refractivity contribution in [2.45, 2.75) is 58.4 Å². The average molecular weight is 263 g/mol. The molecule has 1 saturated carbocycles. The van der Waals surface area contributed by atoms with Crippen LogP contribution >= 0.6 is 12.4 Å². The van der Waals surface area contributed by atoms with Crippen LogP contribution in [-0.4, -0.2) is 30.4 Å². The molecule has 102 valence electrons. The molecule has 1 fully saturated rings. The summed E-state index contributed by atoms with van der Waals surface area (Å²) >= 11 is 0. The van der Waals surface area contributed by atoms with Crippen LogP contribution in [-0.2, 0) is 4.79 Å². The van der Waals surface area contributed by atoms with Gasteiger partial charge in [-0.1, -0.05) is 13.8 Å². The molecule has 0 atom stereocenters. The maximum absolute atomic E-state index is 11.8. The molecule has 0 aliphatic heterocycles. The Bertz CT molecular complexity index is 234. The van der Waals surface area contributed by atoms with Crippen molar-refractivity contribution in [3.05, 3.63) is 0 Å². The van der Waals surface area contributed by atoms with Crippen molar-refractivity contribution in [3.63, 3.8) is 0 Å². The zero-order chi connectivity index (χ0) is 12.2. The lowest BCUT2D eigenvalue weighted by Gasteiger charge is -2.38. The highest BCUT2D eigenvalue weighted by atomic mass is 35.5. The minimum atomic E-state index is 0. The molecule has 0 radical (unpaired) electrons. The second-order valence-corrected chi connectivity index (χ2v) is 5.79. The third-order valence-electron chi connectivity index (χ3n) is 3.84. The molecule has 0 aromatic heterocycles. The van der Waals surface area contributed by atoms with Crippen molar-refractivity contribution < 1.29 is 4.79 Å². The van der Waals surface area contributed by atoms with E-state index in [9.17, 15) is 4.79 Å². The molecule has 4 heteroatoms. The van der Waals surface area contributed by atoms with Crippen LogP contribution in [0.5, 0.6) is 0 Å². The molecule has 0 aromatic rings. The fraction of sp³-hybridized carbons (Fsp3) is 0.923. The summed E-state index contributed by atoms with van der Waals surface area (Å²) in [5, 5.41) is 0. The summed E-state index contributed by atoms with van der Waals surface area (Å²) in [6.45, 7) is 5.25. The number of halogens is 1. The van der Waals surface area contributed by atoms with Gasteiger partial charge in [-0.3, -0.25) is 4.79 Å². The topological polar surface area (TPSA) is 46.3 Å². The van der Waals surface area contributed by atoms with Gasteiger partial charge in [0, 0.05) is 19.5 Å². The summed E-state index contributed by atoms with van der Waals surface area (Å²) in [6, 6.07) is 0.457. The van der Waals surface area contributed by atoms with Crippen molar-refractivity contribution in [2.75, 3.05) is 13.6 Å². The number of carbonyl (C=O) groups is 1. The second kappa shape index (κ2) is 7.22. The molecule has 0 spiro atoms. The van der Waals surface area contributed by atoms with E-state index in [1.54, 1.807) is 0 Å². The standard InChI is InChI=1S/C13H26N2O.ClH/c1-13(2)8-6-11(7-9-13)15(3)12(16)5-4-10-14;/h11H,4-10,14H2,1-3H3;1H. The van der Waals surface area contributed by atoms with E-state index in [-0.39, 0.29) is 18.3 Å². The van der Waals surface area contributed by atoms with E-state index in [0.717, 1.165) is 19.3 Å². The van der Waals surface area contributed by atoms with Crippen molar-refractivity contribution in [2.24, 2.45) is 11.1 Å². The molecule has 3 nitrogen and oxygen atoms in total. The molecule has 0 aromatic carbocycles. The van der Waals surface area contributed by atoms with Crippen LogP contribution in [0, 0.1) is 5.41 Å². The van der Waals surface area contributed by atoms with Gasteiger partial charge >= 0.3 is 0 Å². The maximum atomic E-state index is 11.8. The Morgan fingerprint density at radius 3 is 2.35 bits per heavy atom. The Labute approximate surface area is 112 Å². The Morgan fingerprint density at radius 2 is 1.88 bits per heavy atom. The quantitative estimate of drug-likeness (QED) is 0.847. The number of hydrogen-bond donors (Lipinski definition) is 1. The summed E-state index contributed by atoms with van der Waals surface area (Å²) in [7, 11) is 1.95. The molecule has 17 heavy (non-hydrogen) atoms. The third-order valence-corrected chi connectivity index (χ3v) is 3.84. The van der Waals surface area contributed by atoms with E-state index >= 15 is 0 Å². The number of carbonyl (C=O) groups excluding carboxylic acids is 1. The molecule has 1 amide bonds. The second-order valence-electron chi connectivity index (χ2n) is 5.79. The smallest absolute Gasteiger partial charge is 0.222 e. The van der Waals surface area contributed by atoms with Crippen molar-refractivity contribution >= 4 is 18.3 Å². The highest BCUT2D eigenvalue weighted by Gasteiger charge is 2.30. The Kier molecular flexibility index (Phi) is 7.10. The summed E-state index contributed by atoms with van der Waals surface area (Å²) in [5.74, 6) is 0.259. The maximum Gasteiger partial charge on any atom is 0.222 e. The van der Waals surface area contributed by atoms with Crippen LogP contribution in [0.2, 0.25) is 0 Å². The van der Waals surface area contributed by atoms with Crippen molar-refractivity contribution in [1.82, 2.24) is 4.90 Å². The Balaban J connectivity index is 0.00000256. The molecule has 0 saturated heterocycles. The predicted octanol–water partition coefficient (Wildman–Crippen LogP) is 2.57. The molecule has 0 heterocycles. The van der Waals surface area contributed by atoms with E-state index in [1.165, 1.54) is 12.8 Å².